The van der Waals surface area contributed by atoms with Gasteiger partial charge < -0.3 is 0 Å². The first kappa shape index (κ1) is 13.7. The SMILES string of the molecule is C#CC(CCC)NS(=O)(=O)c1ccc(C#N)s1. The Balaban J connectivity index is 2.89. The summed E-state index contributed by atoms with van der Waals surface area (Å²) in [7, 11) is -3.61. The van der Waals surface area contributed by atoms with Crippen LogP contribution in [0.3, 0.4) is 0 Å². The lowest BCUT2D eigenvalue weighted by atomic mass is 10.2. The molecule has 0 amide bonds. The van der Waals surface area contributed by atoms with Gasteiger partial charge in [0, 0.05) is 0 Å². The summed E-state index contributed by atoms with van der Waals surface area (Å²) in [5, 5.41) is 8.64. The Kier molecular flexibility index (Phi) is 4.71. The third kappa shape index (κ3) is 3.57. The Hall–Kier alpha value is -1.34. The minimum atomic E-state index is -3.61. The maximum absolute atomic E-state index is 11.9. The topological polar surface area (TPSA) is 70.0 Å². The van der Waals surface area contributed by atoms with Gasteiger partial charge in [-0.25, -0.2) is 8.42 Å². The zero-order valence-electron chi connectivity index (χ0n) is 9.30. The van der Waals surface area contributed by atoms with Crippen molar-refractivity contribution in [2.24, 2.45) is 0 Å². The zero-order chi connectivity index (χ0) is 12.9. The zero-order valence-corrected chi connectivity index (χ0v) is 10.9. The molecule has 0 aromatic carbocycles. The number of nitrogens with one attached hydrogen (secondary N) is 1. The predicted octanol–water partition coefficient (Wildman–Crippen LogP) is 1.70. The molecule has 17 heavy (non-hydrogen) atoms. The molecule has 0 aliphatic heterocycles. The van der Waals surface area contributed by atoms with E-state index in [9.17, 15) is 8.42 Å². The summed E-state index contributed by atoms with van der Waals surface area (Å²) in [6.45, 7) is 1.93. The average Bonchev–Trinajstić information content (AvgIpc) is 2.77. The smallest absolute Gasteiger partial charge is 0.206 e. The van der Waals surface area contributed by atoms with Gasteiger partial charge in [-0.05, 0) is 18.6 Å². The van der Waals surface area contributed by atoms with Crippen molar-refractivity contribution in [1.82, 2.24) is 4.72 Å². The molecular weight excluding hydrogens is 256 g/mol. The van der Waals surface area contributed by atoms with E-state index in [1.54, 1.807) is 0 Å². The quantitative estimate of drug-likeness (QED) is 0.826. The molecule has 0 aliphatic carbocycles. The molecule has 1 N–H and O–H groups in total. The van der Waals surface area contributed by atoms with Crippen LogP contribution in [0.5, 0.6) is 0 Å². The van der Waals surface area contributed by atoms with Gasteiger partial charge in [0.25, 0.3) is 10.0 Å². The molecule has 0 fully saturated rings. The molecule has 1 unspecified atom stereocenters. The van der Waals surface area contributed by atoms with E-state index < -0.39 is 16.1 Å². The van der Waals surface area contributed by atoms with E-state index in [1.807, 2.05) is 13.0 Å². The first-order valence-corrected chi connectivity index (χ1v) is 7.32. The standard InChI is InChI=1S/C11H12N2O2S2/c1-3-5-9(4-2)13-17(14,15)11-7-6-10(8-12)16-11/h2,6-7,9,13H,3,5H2,1H3. The van der Waals surface area contributed by atoms with Gasteiger partial charge in [-0.15, -0.1) is 17.8 Å². The van der Waals surface area contributed by atoms with Crippen LogP contribution in [-0.4, -0.2) is 14.5 Å². The number of sulfonamides is 1. The Morgan fingerprint density at radius 1 is 1.59 bits per heavy atom. The van der Waals surface area contributed by atoms with Crippen molar-refractivity contribution in [1.29, 1.82) is 5.26 Å². The highest BCUT2D eigenvalue weighted by atomic mass is 32.2. The number of hydrogen-bond donors (Lipinski definition) is 1. The van der Waals surface area contributed by atoms with E-state index in [-0.39, 0.29) is 4.21 Å². The molecule has 0 bridgehead atoms. The Morgan fingerprint density at radius 2 is 2.29 bits per heavy atom. The molecule has 90 valence electrons. The number of nitriles is 1. The van der Waals surface area contributed by atoms with E-state index >= 15 is 0 Å². The molecular formula is C11H12N2O2S2. The van der Waals surface area contributed by atoms with Gasteiger partial charge in [-0.3, -0.25) is 0 Å². The summed E-state index contributed by atoms with van der Waals surface area (Å²) in [4.78, 5) is 0.359. The van der Waals surface area contributed by atoms with E-state index in [1.165, 1.54) is 12.1 Å². The molecule has 6 heteroatoms. The number of hydrogen-bond acceptors (Lipinski definition) is 4. The highest BCUT2D eigenvalue weighted by molar-refractivity contribution is 7.91. The van der Waals surface area contributed by atoms with Crippen LogP contribution in [0.25, 0.3) is 0 Å². The van der Waals surface area contributed by atoms with Crippen LogP contribution in [0.4, 0.5) is 0 Å². The van der Waals surface area contributed by atoms with E-state index in [2.05, 4.69) is 10.6 Å². The summed E-state index contributed by atoms with van der Waals surface area (Å²) < 4.78 is 26.4. The van der Waals surface area contributed by atoms with E-state index in [0.717, 1.165) is 17.8 Å². The molecule has 4 nitrogen and oxygen atoms in total. The average molecular weight is 268 g/mol. The van der Waals surface area contributed by atoms with E-state index in [4.69, 9.17) is 11.7 Å². The fraction of sp³-hybridized carbons (Fsp3) is 0.364. The molecule has 1 aromatic rings. The summed E-state index contributed by atoms with van der Waals surface area (Å²) in [6.07, 6.45) is 6.64. The van der Waals surface area contributed by atoms with Crippen molar-refractivity contribution in [2.75, 3.05) is 0 Å². The van der Waals surface area contributed by atoms with Crippen molar-refractivity contribution in [3.8, 4) is 18.4 Å². The second kappa shape index (κ2) is 5.83. The van der Waals surface area contributed by atoms with Crippen LogP contribution in [-0.2, 0) is 10.0 Å². The number of rotatable bonds is 5. The van der Waals surface area contributed by atoms with Crippen LogP contribution in [0.2, 0.25) is 0 Å². The minimum absolute atomic E-state index is 0.116. The van der Waals surface area contributed by atoms with Crippen molar-refractivity contribution < 1.29 is 8.42 Å². The van der Waals surface area contributed by atoms with Crippen LogP contribution in [0, 0.1) is 23.7 Å². The van der Waals surface area contributed by atoms with Crippen LogP contribution in [0.15, 0.2) is 16.3 Å². The van der Waals surface area contributed by atoms with Crippen LogP contribution in [0.1, 0.15) is 24.6 Å². The van der Waals surface area contributed by atoms with Crippen LogP contribution < -0.4 is 4.72 Å². The molecule has 1 atom stereocenters. The predicted molar refractivity (Wildman–Crippen MR) is 66.9 cm³/mol. The maximum Gasteiger partial charge on any atom is 0.251 e. The molecule has 1 aromatic heterocycles. The Morgan fingerprint density at radius 3 is 2.76 bits per heavy atom. The Bertz CT molecular complexity index is 561. The van der Waals surface area contributed by atoms with Crippen molar-refractivity contribution in [2.45, 2.75) is 30.0 Å². The van der Waals surface area contributed by atoms with Gasteiger partial charge in [-0.2, -0.15) is 9.98 Å². The molecule has 1 heterocycles. The number of thiophene rings is 1. The van der Waals surface area contributed by atoms with Crippen molar-refractivity contribution >= 4 is 21.4 Å². The fourth-order valence-corrected chi connectivity index (χ4v) is 3.55. The third-order valence-electron chi connectivity index (χ3n) is 2.03. The largest absolute Gasteiger partial charge is 0.251 e. The third-order valence-corrected chi connectivity index (χ3v) is 4.99. The lowest BCUT2D eigenvalue weighted by molar-refractivity contribution is 0.566. The molecule has 0 saturated heterocycles. The maximum atomic E-state index is 11.9. The summed E-state index contributed by atoms with van der Waals surface area (Å²) in [5.41, 5.74) is 0. The highest BCUT2D eigenvalue weighted by Gasteiger charge is 2.20. The summed E-state index contributed by atoms with van der Waals surface area (Å²) >= 11 is 0.930. The Labute approximate surface area is 105 Å². The van der Waals surface area contributed by atoms with Gasteiger partial charge in [0.2, 0.25) is 0 Å². The van der Waals surface area contributed by atoms with E-state index in [0.29, 0.717) is 11.3 Å². The number of nitrogens with zero attached hydrogens (tertiary/aromatic N) is 1. The van der Waals surface area contributed by atoms with Gasteiger partial charge in [0.15, 0.2) is 0 Å². The molecule has 0 radical (unpaired) electrons. The summed E-state index contributed by atoms with van der Waals surface area (Å²) in [6, 6.07) is 4.28. The van der Waals surface area contributed by atoms with Crippen molar-refractivity contribution in [3.05, 3.63) is 17.0 Å². The molecule has 1 rings (SSSR count). The lowest BCUT2D eigenvalue weighted by Crippen LogP contribution is -2.33. The molecule has 0 aliphatic rings. The highest BCUT2D eigenvalue weighted by Crippen LogP contribution is 2.21. The fourth-order valence-electron chi connectivity index (χ4n) is 1.23. The van der Waals surface area contributed by atoms with Gasteiger partial charge in [-0.1, -0.05) is 19.3 Å². The van der Waals surface area contributed by atoms with Gasteiger partial charge in [0.1, 0.15) is 15.2 Å². The lowest BCUT2D eigenvalue weighted by Gasteiger charge is -2.10. The monoisotopic (exact) mass is 268 g/mol. The van der Waals surface area contributed by atoms with Crippen molar-refractivity contribution in [3.63, 3.8) is 0 Å². The molecule has 0 spiro atoms. The normalized spacial score (nSPS) is 12.6. The molecule has 0 saturated carbocycles. The second-order valence-electron chi connectivity index (χ2n) is 3.36. The first-order valence-electron chi connectivity index (χ1n) is 5.02. The second-order valence-corrected chi connectivity index (χ2v) is 6.38. The minimum Gasteiger partial charge on any atom is -0.206 e. The van der Waals surface area contributed by atoms with Gasteiger partial charge >= 0.3 is 0 Å². The summed E-state index contributed by atoms with van der Waals surface area (Å²) in [5.74, 6) is 2.40. The first-order chi connectivity index (χ1) is 8.03. The number of terminal acetylenes is 1. The van der Waals surface area contributed by atoms with Gasteiger partial charge in [0.05, 0.1) is 6.04 Å². The van der Waals surface area contributed by atoms with Crippen LogP contribution >= 0.6 is 11.3 Å².